The average molecular weight is 586 g/mol. The summed E-state index contributed by atoms with van der Waals surface area (Å²) >= 11 is 0. The monoisotopic (exact) mass is 585 g/mol. The first-order chi connectivity index (χ1) is 22.8. The molecule has 0 saturated heterocycles. The number of hydrogen-bond acceptors (Lipinski definition) is 3. The molecule has 0 amide bonds. The van der Waals surface area contributed by atoms with E-state index in [1.54, 1.807) is 0 Å². The van der Waals surface area contributed by atoms with Gasteiger partial charge < -0.3 is 0 Å². The summed E-state index contributed by atoms with van der Waals surface area (Å²) in [4.78, 5) is 14.6. The van der Waals surface area contributed by atoms with E-state index in [0.29, 0.717) is 17.5 Å². The van der Waals surface area contributed by atoms with Crippen molar-refractivity contribution in [3.05, 3.63) is 164 Å². The first kappa shape index (κ1) is 26.2. The molecule has 0 aliphatic rings. The maximum Gasteiger partial charge on any atom is 0.164 e. The highest BCUT2D eigenvalue weighted by molar-refractivity contribution is 6.31. The predicted octanol–water partition coefficient (Wildman–Crippen LogP) is 11.2. The summed E-state index contributed by atoms with van der Waals surface area (Å²) in [5.41, 5.74) is 5.20. The summed E-state index contributed by atoms with van der Waals surface area (Å²) in [7, 11) is 0. The Balaban J connectivity index is 1.14. The van der Waals surface area contributed by atoms with Crippen LogP contribution in [0.1, 0.15) is 0 Å². The lowest BCUT2D eigenvalue weighted by Crippen LogP contribution is -2.00. The van der Waals surface area contributed by atoms with E-state index in [4.69, 9.17) is 15.0 Å². The number of fused-ring (bicyclic) bond motifs is 8. The van der Waals surface area contributed by atoms with Crippen molar-refractivity contribution in [3.63, 3.8) is 0 Å². The Morgan fingerprint density at radius 3 is 1.22 bits per heavy atom. The lowest BCUT2D eigenvalue weighted by atomic mass is 9.90. The molecule has 0 spiro atoms. The Morgan fingerprint density at radius 2 is 0.652 bits per heavy atom. The minimum Gasteiger partial charge on any atom is -0.208 e. The van der Waals surface area contributed by atoms with Crippen molar-refractivity contribution in [2.75, 3.05) is 0 Å². The summed E-state index contributed by atoms with van der Waals surface area (Å²) in [6, 6.07) is 57.6. The van der Waals surface area contributed by atoms with Crippen molar-refractivity contribution in [1.29, 1.82) is 0 Å². The fraction of sp³-hybridized carbons (Fsp3) is 0. The smallest absolute Gasteiger partial charge is 0.164 e. The van der Waals surface area contributed by atoms with Gasteiger partial charge in [-0.1, -0.05) is 158 Å². The topological polar surface area (TPSA) is 38.7 Å². The molecule has 0 aliphatic heterocycles. The molecule has 1 heterocycles. The van der Waals surface area contributed by atoms with Gasteiger partial charge in [0.1, 0.15) is 0 Å². The van der Waals surface area contributed by atoms with E-state index in [2.05, 4.69) is 103 Å². The highest BCUT2D eigenvalue weighted by Gasteiger charge is 2.14. The van der Waals surface area contributed by atoms with Crippen LogP contribution in [0.4, 0.5) is 0 Å². The molecule has 0 aliphatic carbocycles. The standard InChI is InChI=1S/C43H27N3/c1-3-11-29(12-4-1)41-44-42(30-13-5-2-6-14-30)46-43(45-41)31-21-19-28(20-22-31)32-23-25-34-33(27-32)24-26-39-37-17-8-7-15-35(37)36-16-9-10-18-38(36)40(34)39/h1-27H. The average Bonchev–Trinajstić information content (AvgIpc) is 3.15. The predicted molar refractivity (Wildman–Crippen MR) is 192 cm³/mol. The molecule has 0 bridgehead atoms. The van der Waals surface area contributed by atoms with E-state index in [0.717, 1.165) is 22.3 Å². The molecule has 9 aromatic rings. The molecule has 1 aromatic heterocycles. The molecule has 0 unspecified atom stereocenters. The summed E-state index contributed by atoms with van der Waals surface area (Å²) < 4.78 is 0. The van der Waals surface area contributed by atoms with Gasteiger partial charge in [-0.25, -0.2) is 15.0 Å². The fourth-order valence-corrected chi connectivity index (χ4v) is 6.66. The minimum atomic E-state index is 0.656. The molecule has 3 heteroatoms. The van der Waals surface area contributed by atoms with Gasteiger partial charge >= 0.3 is 0 Å². The van der Waals surface area contributed by atoms with Crippen molar-refractivity contribution in [3.8, 4) is 45.3 Å². The van der Waals surface area contributed by atoms with Crippen molar-refractivity contribution in [2.45, 2.75) is 0 Å². The molecule has 46 heavy (non-hydrogen) atoms. The number of aromatic nitrogens is 3. The van der Waals surface area contributed by atoms with Gasteiger partial charge in [0.25, 0.3) is 0 Å². The highest BCUT2D eigenvalue weighted by atomic mass is 15.0. The highest BCUT2D eigenvalue weighted by Crippen LogP contribution is 2.39. The van der Waals surface area contributed by atoms with Crippen molar-refractivity contribution in [2.24, 2.45) is 0 Å². The molecular weight excluding hydrogens is 558 g/mol. The second-order valence-electron chi connectivity index (χ2n) is 11.6. The Kier molecular flexibility index (Phi) is 6.14. The van der Waals surface area contributed by atoms with Gasteiger partial charge in [-0.3, -0.25) is 0 Å². The van der Waals surface area contributed by atoms with Crippen LogP contribution in [-0.4, -0.2) is 15.0 Å². The van der Waals surface area contributed by atoms with Crippen LogP contribution in [0.3, 0.4) is 0 Å². The van der Waals surface area contributed by atoms with Crippen LogP contribution in [0, 0.1) is 0 Å². The van der Waals surface area contributed by atoms with Gasteiger partial charge in [-0.2, -0.15) is 0 Å². The number of benzene rings is 8. The second-order valence-corrected chi connectivity index (χ2v) is 11.6. The van der Waals surface area contributed by atoms with Gasteiger partial charge in [-0.05, 0) is 60.3 Å². The molecule has 214 valence electrons. The van der Waals surface area contributed by atoms with E-state index in [9.17, 15) is 0 Å². The number of rotatable bonds is 4. The summed E-state index contributed by atoms with van der Waals surface area (Å²) in [6.07, 6.45) is 0. The van der Waals surface area contributed by atoms with Gasteiger partial charge in [0.2, 0.25) is 0 Å². The zero-order valence-corrected chi connectivity index (χ0v) is 24.9. The molecule has 0 atom stereocenters. The molecule has 9 rings (SSSR count). The van der Waals surface area contributed by atoms with Crippen LogP contribution in [0.25, 0.3) is 88.4 Å². The van der Waals surface area contributed by atoms with Crippen LogP contribution in [0.15, 0.2) is 164 Å². The fourth-order valence-electron chi connectivity index (χ4n) is 6.66. The zero-order chi connectivity index (χ0) is 30.5. The summed E-state index contributed by atoms with van der Waals surface area (Å²) in [5, 5.41) is 10.3. The van der Waals surface area contributed by atoms with Crippen LogP contribution in [0.5, 0.6) is 0 Å². The van der Waals surface area contributed by atoms with Gasteiger partial charge in [-0.15, -0.1) is 0 Å². The maximum absolute atomic E-state index is 4.90. The Hall–Kier alpha value is -6.19. The lowest BCUT2D eigenvalue weighted by molar-refractivity contribution is 1.07. The van der Waals surface area contributed by atoms with E-state index in [-0.39, 0.29) is 0 Å². The third-order valence-electron chi connectivity index (χ3n) is 8.90. The summed E-state index contributed by atoms with van der Waals surface area (Å²) in [5.74, 6) is 1.98. The maximum atomic E-state index is 4.90. The molecule has 8 aromatic carbocycles. The van der Waals surface area contributed by atoms with Crippen molar-refractivity contribution < 1.29 is 0 Å². The first-order valence-electron chi connectivity index (χ1n) is 15.5. The SMILES string of the molecule is c1ccc(-c2nc(-c3ccccc3)nc(-c3ccc(-c4ccc5c(ccc6c7ccccc7c7ccccc7c56)c4)cc3)n2)cc1. The molecule has 0 radical (unpaired) electrons. The molecule has 0 fully saturated rings. The molecular formula is C43H27N3. The Bertz CT molecular complexity index is 2460. The second kappa shape index (κ2) is 10.8. The first-order valence-corrected chi connectivity index (χ1v) is 15.5. The normalized spacial score (nSPS) is 11.5. The Morgan fingerprint density at radius 1 is 0.261 bits per heavy atom. The third-order valence-corrected chi connectivity index (χ3v) is 8.90. The van der Waals surface area contributed by atoms with E-state index in [1.807, 2.05) is 60.7 Å². The van der Waals surface area contributed by atoms with E-state index in [1.165, 1.54) is 48.7 Å². The quantitative estimate of drug-likeness (QED) is 0.193. The zero-order valence-electron chi connectivity index (χ0n) is 24.9. The number of hydrogen-bond donors (Lipinski definition) is 0. The third kappa shape index (κ3) is 4.41. The van der Waals surface area contributed by atoms with Crippen LogP contribution in [0.2, 0.25) is 0 Å². The lowest BCUT2D eigenvalue weighted by Gasteiger charge is -2.13. The molecule has 3 nitrogen and oxygen atoms in total. The van der Waals surface area contributed by atoms with Gasteiger partial charge in [0, 0.05) is 16.7 Å². The van der Waals surface area contributed by atoms with E-state index < -0.39 is 0 Å². The van der Waals surface area contributed by atoms with E-state index >= 15 is 0 Å². The largest absolute Gasteiger partial charge is 0.208 e. The van der Waals surface area contributed by atoms with Crippen LogP contribution in [-0.2, 0) is 0 Å². The van der Waals surface area contributed by atoms with Crippen LogP contribution >= 0.6 is 0 Å². The summed E-state index contributed by atoms with van der Waals surface area (Å²) in [6.45, 7) is 0. The number of nitrogens with zero attached hydrogens (tertiary/aromatic N) is 3. The minimum absolute atomic E-state index is 0.656. The molecule has 0 saturated carbocycles. The van der Waals surface area contributed by atoms with Gasteiger partial charge in [0.15, 0.2) is 17.5 Å². The van der Waals surface area contributed by atoms with Crippen molar-refractivity contribution >= 4 is 43.1 Å². The van der Waals surface area contributed by atoms with Gasteiger partial charge in [0.05, 0.1) is 0 Å². The van der Waals surface area contributed by atoms with Crippen molar-refractivity contribution in [1.82, 2.24) is 15.0 Å². The Labute approximate surface area is 266 Å². The molecule has 0 N–H and O–H groups in total. The van der Waals surface area contributed by atoms with Crippen LogP contribution < -0.4 is 0 Å².